The molecular weight excluding hydrogens is 212 g/mol. The molecule has 0 saturated carbocycles. The highest BCUT2D eigenvalue weighted by atomic mass is 32.2. The van der Waals surface area contributed by atoms with Crippen molar-refractivity contribution in [3.05, 3.63) is 0 Å². The molecule has 15 heavy (non-hydrogen) atoms. The SMILES string of the molecule is CCN(C)C(=O)CNCC(C)(O)CSC. The van der Waals surface area contributed by atoms with Crippen molar-refractivity contribution in [2.24, 2.45) is 0 Å². The molecule has 90 valence electrons. The predicted molar refractivity (Wildman–Crippen MR) is 65.2 cm³/mol. The summed E-state index contributed by atoms with van der Waals surface area (Å²) in [4.78, 5) is 13.0. The Kier molecular flexibility index (Phi) is 6.96. The highest BCUT2D eigenvalue weighted by Crippen LogP contribution is 2.08. The molecule has 0 fully saturated rings. The molecule has 0 aromatic rings. The van der Waals surface area contributed by atoms with Crippen LogP contribution in [0.1, 0.15) is 13.8 Å². The number of hydrogen-bond acceptors (Lipinski definition) is 4. The van der Waals surface area contributed by atoms with Crippen LogP contribution in [0.4, 0.5) is 0 Å². The summed E-state index contributed by atoms with van der Waals surface area (Å²) in [6.07, 6.45) is 1.95. The van der Waals surface area contributed by atoms with Gasteiger partial charge in [0.05, 0.1) is 12.1 Å². The minimum atomic E-state index is -0.746. The number of hydrogen-bond donors (Lipinski definition) is 2. The first kappa shape index (κ1) is 14.7. The topological polar surface area (TPSA) is 52.6 Å². The van der Waals surface area contributed by atoms with Crippen LogP contribution < -0.4 is 5.32 Å². The summed E-state index contributed by atoms with van der Waals surface area (Å²) >= 11 is 1.59. The van der Waals surface area contributed by atoms with E-state index < -0.39 is 5.60 Å². The maximum absolute atomic E-state index is 11.4. The first-order valence-electron chi connectivity index (χ1n) is 5.09. The molecule has 0 aliphatic carbocycles. The monoisotopic (exact) mass is 234 g/mol. The van der Waals surface area contributed by atoms with E-state index in [1.807, 2.05) is 13.2 Å². The van der Waals surface area contributed by atoms with Crippen molar-refractivity contribution >= 4 is 17.7 Å². The van der Waals surface area contributed by atoms with Crippen LogP contribution in [0.3, 0.4) is 0 Å². The lowest BCUT2D eigenvalue weighted by Gasteiger charge is -2.23. The molecule has 0 aromatic heterocycles. The highest BCUT2D eigenvalue weighted by Gasteiger charge is 2.19. The maximum Gasteiger partial charge on any atom is 0.236 e. The van der Waals surface area contributed by atoms with Crippen molar-refractivity contribution in [2.75, 3.05) is 38.7 Å². The van der Waals surface area contributed by atoms with E-state index in [2.05, 4.69) is 5.32 Å². The number of carbonyl (C=O) groups is 1. The van der Waals surface area contributed by atoms with Gasteiger partial charge in [0.2, 0.25) is 5.91 Å². The second-order valence-electron chi connectivity index (χ2n) is 3.94. The molecule has 5 heteroatoms. The maximum atomic E-state index is 11.4. The number of nitrogens with zero attached hydrogens (tertiary/aromatic N) is 1. The zero-order valence-corrected chi connectivity index (χ0v) is 10.9. The molecule has 0 radical (unpaired) electrons. The van der Waals surface area contributed by atoms with Crippen LogP contribution in [0, 0.1) is 0 Å². The number of carbonyl (C=O) groups excluding carboxylic acids is 1. The Hall–Kier alpha value is -0.260. The van der Waals surface area contributed by atoms with Crippen LogP contribution in [0.15, 0.2) is 0 Å². The zero-order valence-electron chi connectivity index (χ0n) is 10.0. The van der Waals surface area contributed by atoms with E-state index in [1.54, 1.807) is 30.6 Å². The standard InChI is InChI=1S/C10H22N2O2S/c1-5-12(3)9(13)6-11-7-10(2,14)8-15-4/h11,14H,5-8H2,1-4H3. The molecule has 1 amide bonds. The van der Waals surface area contributed by atoms with Crippen molar-refractivity contribution in [3.63, 3.8) is 0 Å². The molecule has 1 atom stereocenters. The summed E-state index contributed by atoms with van der Waals surface area (Å²) in [5.41, 5.74) is -0.746. The van der Waals surface area contributed by atoms with Gasteiger partial charge in [0.25, 0.3) is 0 Å². The van der Waals surface area contributed by atoms with Gasteiger partial charge < -0.3 is 15.3 Å². The minimum absolute atomic E-state index is 0.0532. The fourth-order valence-corrected chi connectivity index (χ4v) is 1.84. The second kappa shape index (κ2) is 7.09. The molecule has 0 bridgehead atoms. The quantitative estimate of drug-likeness (QED) is 0.659. The first-order chi connectivity index (χ1) is 6.93. The molecule has 0 saturated heterocycles. The molecule has 0 aliphatic heterocycles. The molecular formula is C10H22N2O2S. The van der Waals surface area contributed by atoms with Gasteiger partial charge in [-0.25, -0.2) is 0 Å². The summed E-state index contributed by atoms with van der Waals surface area (Å²) in [6, 6.07) is 0. The molecule has 1 unspecified atom stereocenters. The van der Waals surface area contributed by atoms with Crippen LogP contribution in [-0.2, 0) is 4.79 Å². The van der Waals surface area contributed by atoms with Gasteiger partial charge in [-0.05, 0) is 20.1 Å². The van der Waals surface area contributed by atoms with E-state index in [9.17, 15) is 9.90 Å². The fourth-order valence-electron chi connectivity index (χ4n) is 1.11. The lowest BCUT2D eigenvalue weighted by Crippen LogP contribution is -2.44. The van der Waals surface area contributed by atoms with Crippen LogP contribution >= 0.6 is 11.8 Å². The number of thioether (sulfide) groups is 1. The van der Waals surface area contributed by atoms with Gasteiger partial charge in [-0.1, -0.05) is 0 Å². The van der Waals surface area contributed by atoms with Gasteiger partial charge in [-0.15, -0.1) is 0 Å². The zero-order chi connectivity index (χ0) is 11.9. The van der Waals surface area contributed by atoms with Crippen LogP contribution in [0.2, 0.25) is 0 Å². The average Bonchev–Trinajstić information content (AvgIpc) is 2.15. The number of nitrogens with one attached hydrogen (secondary N) is 1. The van der Waals surface area contributed by atoms with Crippen molar-refractivity contribution in [1.82, 2.24) is 10.2 Å². The van der Waals surface area contributed by atoms with Crippen molar-refractivity contribution < 1.29 is 9.90 Å². The number of likely N-dealkylation sites (N-methyl/N-ethyl adjacent to an activating group) is 1. The Bertz CT molecular complexity index is 198. The third kappa shape index (κ3) is 6.76. The van der Waals surface area contributed by atoms with Gasteiger partial charge in [0.1, 0.15) is 0 Å². The predicted octanol–water partition coefficient (Wildman–Crippen LogP) is 0.168. The van der Waals surface area contributed by atoms with Crippen LogP contribution in [0.5, 0.6) is 0 Å². The normalized spacial score (nSPS) is 14.7. The summed E-state index contributed by atoms with van der Waals surface area (Å²) in [5, 5.41) is 12.8. The van der Waals surface area contributed by atoms with Crippen molar-refractivity contribution in [2.45, 2.75) is 19.4 Å². The number of amides is 1. The fraction of sp³-hybridized carbons (Fsp3) is 0.900. The van der Waals surface area contributed by atoms with E-state index >= 15 is 0 Å². The first-order valence-corrected chi connectivity index (χ1v) is 6.48. The third-order valence-corrected chi connectivity index (χ3v) is 3.05. The van der Waals surface area contributed by atoms with Crippen molar-refractivity contribution in [1.29, 1.82) is 0 Å². The largest absolute Gasteiger partial charge is 0.388 e. The van der Waals surface area contributed by atoms with E-state index in [4.69, 9.17) is 0 Å². The highest BCUT2D eigenvalue weighted by molar-refractivity contribution is 7.98. The van der Waals surface area contributed by atoms with Gasteiger partial charge in [0, 0.05) is 25.9 Å². The lowest BCUT2D eigenvalue weighted by molar-refractivity contribution is -0.128. The Morgan fingerprint density at radius 2 is 2.20 bits per heavy atom. The van der Waals surface area contributed by atoms with Gasteiger partial charge in [-0.3, -0.25) is 4.79 Å². The second-order valence-corrected chi connectivity index (χ2v) is 4.81. The smallest absolute Gasteiger partial charge is 0.236 e. The number of aliphatic hydroxyl groups is 1. The van der Waals surface area contributed by atoms with E-state index in [-0.39, 0.29) is 12.5 Å². The Morgan fingerprint density at radius 1 is 1.60 bits per heavy atom. The molecule has 0 spiro atoms. The minimum Gasteiger partial charge on any atom is -0.388 e. The van der Waals surface area contributed by atoms with Gasteiger partial charge in [-0.2, -0.15) is 11.8 Å². The summed E-state index contributed by atoms with van der Waals surface area (Å²) in [6.45, 7) is 5.14. The molecule has 0 aromatic carbocycles. The summed E-state index contributed by atoms with van der Waals surface area (Å²) in [7, 11) is 1.77. The van der Waals surface area contributed by atoms with Crippen LogP contribution in [0.25, 0.3) is 0 Å². The van der Waals surface area contributed by atoms with E-state index in [0.29, 0.717) is 18.8 Å². The van der Waals surface area contributed by atoms with Crippen LogP contribution in [-0.4, -0.2) is 60.2 Å². The summed E-state index contributed by atoms with van der Waals surface area (Å²) < 4.78 is 0. The Balaban J connectivity index is 3.74. The molecule has 0 heterocycles. The van der Waals surface area contributed by atoms with Gasteiger partial charge in [0.15, 0.2) is 0 Å². The Labute approximate surface area is 96.4 Å². The summed E-state index contributed by atoms with van der Waals surface area (Å²) in [5.74, 6) is 0.718. The van der Waals surface area contributed by atoms with E-state index in [0.717, 1.165) is 0 Å². The third-order valence-electron chi connectivity index (χ3n) is 2.14. The van der Waals surface area contributed by atoms with Gasteiger partial charge >= 0.3 is 0 Å². The molecule has 2 N–H and O–H groups in total. The Morgan fingerprint density at radius 3 is 2.67 bits per heavy atom. The lowest BCUT2D eigenvalue weighted by atomic mass is 10.1. The molecule has 0 rings (SSSR count). The molecule has 4 nitrogen and oxygen atoms in total. The van der Waals surface area contributed by atoms with E-state index in [1.165, 1.54) is 0 Å². The van der Waals surface area contributed by atoms with Crippen molar-refractivity contribution in [3.8, 4) is 0 Å². The molecule has 0 aliphatic rings. The average molecular weight is 234 g/mol. The number of rotatable bonds is 7.